The first-order valence-corrected chi connectivity index (χ1v) is 20.6. The molecule has 0 bridgehead atoms. The molecule has 0 aromatic heterocycles. The van der Waals surface area contributed by atoms with Crippen molar-refractivity contribution in [3.8, 4) is 51.0 Å². The third-order valence-electron chi connectivity index (χ3n) is 12.8. The van der Waals surface area contributed by atoms with E-state index < -0.39 is 6.10 Å². The molecule has 0 spiro atoms. The summed E-state index contributed by atoms with van der Waals surface area (Å²) < 4.78 is 13.8. The summed E-state index contributed by atoms with van der Waals surface area (Å²) in [5, 5.41) is 25.4. The summed E-state index contributed by atoms with van der Waals surface area (Å²) >= 11 is 0. The second kappa shape index (κ2) is 13.6. The third kappa shape index (κ3) is 5.49. The Hall–Kier alpha value is -7.40. The van der Waals surface area contributed by atoms with Gasteiger partial charge in [0, 0.05) is 40.5 Å². The van der Waals surface area contributed by atoms with E-state index >= 15 is 0 Å². The Labute approximate surface area is 347 Å². The van der Waals surface area contributed by atoms with Gasteiger partial charge in [0.25, 0.3) is 0 Å². The Morgan fingerprint density at radius 1 is 0.433 bits per heavy atom. The van der Waals surface area contributed by atoms with Gasteiger partial charge in [0.2, 0.25) is 0 Å². The van der Waals surface area contributed by atoms with Crippen LogP contribution in [0.5, 0.6) is 28.7 Å². The van der Waals surface area contributed by atoms with Gasteiger partial charge in [0.1, 0.15) is 28.7 Å². The number of aromatic hydroxyl groups is 1. The summed E-state index contributed by atoms with van der Waals surface area (Å²) in [6.45, 7) is 0. The molecule has 3 aliphatic rings. The lowest BCUT2D eigenvalue weighted by molar-refractivity contribution is 0.223. The highest BCUT2D eigenvalue weighted by molar-refractivity contribution is 5.99. The molecule has 60 heavy (non-hydrogen) atoms. The van der Waals surface area contributed by atoms with Crippen LogP contribution < -0.4 is 9.47 Å². The molecule has 0 fully saturated rings. The van der Waals surface area contributed by atoms with Crippen LogP contribution in [0.25, 0.3) is 49.9 Å². The number of rotatable bonds is 4. The van der Waals surface area contributed by atoms with Crippen LogP contribution in [-0.4, -0.2) is 16.3 Å². The summed E-state index contributed by atoms with van der Waals surface area (Å²) in [6, 6.07) is 61.5. The summed E-state index contributed by atoms with van der Waals surface area (Å²) in [4.78, 5) is 0. The van der Waals surface area contributed by atoms with Gasteiger partial charge in [-0.2, -0.15) is 0 Å². The zero-order chi connectivity index (χ0) is 39.9. The molecule has 286 valence electrons. The molecule has 12 rings (SSSR count). The van der Waals surface area contributed by atoms with Crippen molar-refractivity contribution < 1.29 is 19.7 Å². The molecule has 3 unspecified atom stereocenters. The van der Waals surface area contributed by atoms with Gasteiger partial charge in [-0.05, 0) is 102 Å². The minimum absolute atomic E-state index is 0.158. The molecule has 2 aliphatic heterocycles. The van der Waals surface area contributed by atoms with Crippen LogP contribution in [0.15, 0.2) is 182 Å². The molecule has 9 aromatic rings. The number of fused-ring (bicyclic) bond motifs is 11. The molecular formula is C56H38O4. The Bertz CT molecular complexity index is 3190. The number of aliphatic hydroxyl groups is 1. The maximum atomic E-state index is 10.7. The largest absolute Gasteiger partial charge is 0.508 e. The fourth-order valence-corrected chi connectivity index (χ4v) is 10.0. The predicted molar refractivity (Wildman–Crippen MR) is 241 cm³/mol. The maximum absolute atomic E-state index is 10.7. The predicted octanol–water partition coefficient (Wildman–Crippen LogP) is 13.5. The van der Waals surface area contributed by atoms with Gasteiger partial charge in [-0.15, -0.1) is 0 Å². The van der Waals surface area contributed by atoms with E-state index in [-0.39, 0.29) is 17.6 Å². The number of hydrogen-bond acceptors (Lipinski definition) is 4. The SMILES string of the molecule is Oc1ccc2c3c(ccc2c1)Oc1ccc2c4c(ccc2c1C3c1ccc(-c2ccccc2)cc1)Oc1ccc2c(c1C4c1ccc(-c3ccccc3)cc1)C=CC(O)C2. The first-order chi connectivity index (χ1) is 29.6. The minimum Gasteiger partial charge on any atom is -0.508 e. The van der Waals surface area contributed by atoms with Crippen molar-refractivity contribution in [1.82, 2.24) is 0 Å². The molecule has 1 aliphatic carbocycles. The smallest absolute Gasteiger partial charge is 0.132 e. The molecular weight excluding hydrogens is 737 g/mol. The van der Waals surface area contributed by atoms with Gasteiger partial charge >= 0.3 is 0 Å². The van der Waals surface area contributed by atoms with Crippen LogP contribution in [0.3, 0.4) is 0 Å². The Kier molecular flexibility index (Phi) is 7.84. The highest BCUT2D eigenvalue weighted by Crippen LogP contribution is 2.57. The van der Waals surface area contributed by atoms with Crippen molar-refractivity contribution in [2.24, 2.45) is 0 Å². The van der Waals surface area contributed by atoms with Crippen LogP contribution in [0, 0.1) is 0 Å². The number of phenols is 1. The Morgan fingerprint density at radius 3 is 1.48 bits per heavy atom. The normalized spacial score (nSPS) is 17.1. The molecule has 0 radical (unpaired) electrons. The van der Waals surface area contributed by atoms with Gasteiger partial charge in [0.15, 0.2) is 0 Å². The third-order valence-corrected chi connectivity index (χ3v) is 12.8. The molecule has 9 aromatic carbocycles. The van der Waals surface area contributed by atoms with E-state index in [2.05, 4.69) is 140 Å². The number of ether oxygens (including phenoxy) is 2. The van der Waals surface area contributed by atoms with Crippen molar-refractivity contribution >= 4 is 27.6 Å². The van der Waals surface area contributed by atoms with Crippen LogP contribution in [0.4, 0.5) is 0 Å². The Morgan fingerprint density at radius 2 is 0.900 bits per heavy atom. The van der Waals surface area contributed by atoms with E-state index in [1.54, 1.807) is 6.07 Å². The number of aliphatic hydroxyl groups excluding tert-OH is 1. The minimum atomic E-state index is -0.523. The quantitative estimate of drug-likeness (QED) is 0.187. The summed E-state index contributed by atoms with van der Waals surface area (Å²) in [5.74, 6) is 3.18. The van der Waals surface area contributed by atoms with E-state index in [0.717, 1.165) is 94.6 Å². The van der Waals surface area contributed by atoms with Crippen molar-refractivity contribution in [2.45, 2.75) is 24.4 Å². The van der Waals surface area contributed by atoms with Crippen LogP contribution in [0.1, 0.15) is 56.3 Å². The Balaban J connectivity index is 1.10. The molecule has 0 amide bonds. The molecule has 0 saturated heterocycles. The zero-order valence-electron chi connectivity index (χ0n) is 32.5. The lowest BCUT2D eigenvalue weighted by atomic mass is 9.74. The van der Waals surface area contributed by atoms with Crippen molar-refractivity contribution in [1.29, 1.82) is 0 Å². The highest BCUT2D eigenvalue weighted by Gasteiger charge is 2.37. The second-order valence-corrected chi connectivity index (χ2v) is 16.2. The van der Waals surface area contributed by atoms with E-state index in [4.69, 9.17) is 9.47 Å². The first kappa shape index (κ1) is 34.6. The van der Waals surface area contributed by atoms with Gasteiger partial charge < -0.3 is 19.7 Å². The van der Waals surface area contributed by atoms with E-state index in [1.165, 1.54) is 16.7 Å². The number of benzene rings is 9. The fraction of sp³-hybridized carbons (Fsp3) is 0.0714. The van der Waals surface area contributed by atoms with E-state index in [1.807, 2.05) is 42.5 Å². The van der Waals surface area contributed by atoms with Crippen molar-refractivity contribution in [3.05, 3.63) is 227 Å². The standard InChI is InChI=1S/C56H38O4/c57-41-21-23-43-39(31-41)19-27-47-53(43)51(37-15-11-35(12-16-37)33-7-3-1-4-8-33)55-45-25-30-50-56(46(45)26-29-49(55)59-47)52(38-17-13-36(14-18-38)34-9-5-2-6-10-34)54-44-24-22-42(58)32-40(44)20-28-48(54)60-50/h1-31,42,51-52,57-58H,32H2. The summed E-state index contributed by atoms with van der Waals surface area (Å²) in [5.41, 5.74) is 13.6. The van der Waals surface area contributed by atoms with Gasteiger partial charge in [-0.25, -0.2) is 0 Å². The van der Waals surface area contributed by atoms with E-state index in [9.17, 15) is 10.2 Å². The fourth-order valence-electron chi connectivity index (χ4n) is 10.0. The lowest BCUT2D eigenvalue weighted by Gasteiger charge is -2.35. The van der Waals surface area contributed by atoms with Crippen molar-refractivity contribution in [3.63, 3.8) is 0 Å². The highest BCUT2D eigenvalue weighted by atomic mass is 16.5. The van der Waals surface area contributed by atoms with Gasteiger partial charge in [-0.1, -0.05) is 152 Å². The van der Waals surface area contributed by atoms with E-state index in [0.29, 0.717) is 6.42 Å². The van der Waals surface area contributed by atoms with Gasteiger partial charge in [0.05, 0.1) is 6.10 Å². The monoisotopic (exact) mass is 774 g/mol. The van der Waals surface area contributed by atoms with Crippen LogP contribution in [0.2, 0.25) is 0 Å². The molecule has 2 heterocycles. The average molecular weight is 775 g/mol. The topological polar surface area (TPSA) is 58.9 Å². The molecule has 3 atom stereocenters. The zero-order valence-corrected chi connectivity index (χ0v) is 32.5. The number of phenolic OH excluding ortho intramolecular Hbond substituents is 1. The van der Waals surface area contributed by atoms with Gasteiger partial charge in [-0.3, -0.25) is 0 Å². The van der Waals surface area contributed by atoms with Crippen LogP contribution in [-0.2, 0) is 6.42 Å². The molecule has 4 heteroatoms. The number of hydrogen-bond donors (Lipinski definition) is 2. The molecule has 4 nitrogen and oxygen atoms in total. The molecule has 0 saturated carbocycles. The maximum Gasteiger partial charge on any atom is 0.132 e. The second-order valence-electron chi connectivity index (χ2n) is 16.2. The molecule has 2 N–H and O–H groups in total. The van der Waals surface area contributed by atoms with Crippen LogP contribution >= 0.6 is 0 Å². The first-order valence-electron chi connectivity index (χ1n) is 20.6. The lowest BCUT2D eigenvalue weighted by Crippen LogP contribution is -2.19. The average Bonchev–Trinajstić information content (AvgIpc) is 3.30. The summed E-state index contributed by atoms with van der Waals surface area (Å²) in [6.07, 6.45) is 4.02. The summed E-state index contributed by atoms with van der Waals surface area (Å²) in [7, 11) is 0. The van der Waals surface area contributed by atoms with Crippen molar-refractivity contribution in [2.75, 3.05) is 0 Å².